The van der Waals surface area contributed by atoms with Crippen LogP contribution in [0.2, 0.25) is 0 Å². The molecule has 20 heavy (non-hydrogen) atoms. The van der Waals surface area contributed by atoms with Crippen LogP contribution in [0.15, 0.2) is 23.2 Å². The first-order valence-electron chi connectivity index (χ1n) is 6.17. The molecule has 2 N–H and O–H groups in total. The quantitative estimate of drug-likeness (QED) is 0.761. The first-order chi connectivity index (χ1) is 9.53. The normalized spacial score (nSPS) is 14.6. The van der Waals surface area contributed by atoms with Crippen molar-refractivity contribution in [3.05, 3.63) is 24.0 Å². The van der Waals surface area contributed by atoms with Crippen molar-refractivity contribution < 1.29 is 13.2 Å². The Labute approximate surface area is 117 Å². The smallest absolute Gasteiger partial charge is 0.243 e. The molecule has 0 atom stereocenters. The molecule has 7 nitrogen and oxygen atoms in total. The van der Waals surface area contributed by atoms with Crippen LogP contribution in [0.1, 0.15) is 25.0 Å². The molecule has 0 unspecified atom stereocenters. The van der Waals surface area contributed by atoms with Crippen molar-refractivity contribution in [3.8, 4) is 6.07 Å². The molecule has 1 aliphatic rings. The van der Waals surface area contributed by atoms with Crippen molar-refractivity contribution in [3.63, 3.8) is 0 Å². The van der Waals surface area contributed by atoms with Gasteiger partial charge >= 0.3 is 0 Å². The van der Waals surface area contributed by atoms with Gasteiger partial charge in [-0.2, -0.15) is 5.26 Å². The molecule has 1 aromatic heterocycles. The lowest BCUT2D eigenvalue weighted by molar-refractivity contribution is -0.121. The van der Waals surface area contributed by atoms with Gasteiger partial charge in [0.1, 0.15) is 11.0 Å². The maximum Gasteiger partial charge on any atom is 0.243 e. The van der Waals surface area contributed by atoms with Crippen molar-refractivity contribution in [2.45, 2.75) is 30.2 Å². The standard InChI is InChI=1S/C12H14N4O3S/c13-8-10-11(2-1-6-14-10)20(18,19)15-7-5-12(17)16-9-3-4-9/h1-2,6,9,15H,3-5,7H2,(H,16,17). The number of hydrogen-bond donors (Lipinski definition) is 2. The number of hydrogen-bond acceptors (Lipinski definition) is 5. The lowest BCUT2D eigenvalue weighted by Crippen LogP contribution is -2.32. The van der Waals surface area contributed by atoms with Gasteiger partial charge in [-0.15, -0.1) is 0 Å². The molecular formula is C12H14N4O3S. The molecule has 1 heterocycles. The largest absolute Gasteiger partial charge is 0.353 e. The van der Waals surface area contributed by atoms with Crippen molar-refractivity contribution >= 4 is 15.9 Å². The third kappa shape index (κ3) is 3.76. The van der Waals surface area contributed by atoms with E-state index in [0.29, 0.717) is 0 Å². The Balaban J connectivity index is 1.93. The van der Waals surface area contributed by atoms with Crippen LogP contribution in [0.5, 0.6) is 0 Å². The molecule has 1 fully saturated rings. The molecule has 8 heteroatoms. The van der Waals surface area contributed by atoms with Crippen LogP contribution in [0.4, 0.5) is 0 Å². The Kier molecular flexibility index (Phi) is 4.32. The molecule has 1 amide bonds. The summed E-state index contributed by atoms with van der Waals surface area (Å²) in [6.45, 7) is -0.0132. The third-order valence-electron chi connectivity index (χ3n) is 2.75. The van der Waals surface area contributed by atoms with E-state index >= 15 is 0 Å². The second kappa shape index (κ2) is 5.98. The zero-order valence-electron chi connectivity index (χ0n) is 10.7. The predicted molar refractivity (Wildman–Crippen MR) is 69.9 cm³/mol. The minimum Gasteiger partial charge on any atom is -0.353 e. The maximum absolute atomic E-state index is 12.0. The number of carbonyl (C=O) groups is 1. The summed E-state index contributed by atoms with van der Waals surface area (Å²) in [5.41, 5.74) is -0.164. The fourth-order valence-electron chi connectivity index (χ4n) is 1.60. The van der Waals surface area contributed by atoms with Crippen LogP contribution in [0.25, 0.3) is 0 Å². The van der Waals surface area contributed by atoms with Gasteiger partial charge in [0.2, 0.25) is 15.9 Å². The van der Waals surface area contributed by atoms with Crippen molar-refractivity contribution in [2.75, 3.05) is 6.54 Å². The average Bonchev–Trinajstić information content (AvgIpc) is 3.22. The summed E-state index contributed by atoms with van der Waals surface area (Å²) in [4.78, 5) is 14.9. The summed E-state index contributed by atoms with van der Waals surface area (Å²) in [7, 11) is -3.83. The van der Waals surface area contributed by atoms with Gasteiger partial charge in [0.25, 0.3) is 0 Å². The van der Waals surface area contributed by atoms with E-state index in [1.807, 2.05) is 0 Å². The Morgan fingerprint density at radius 1 is 1.50 bits per heavy atom. The van der Waals surface area contributed by atoms with E-state index in [-0.39, 0.29) is 35.5 Å². The second-order valence-electron chi connectivity index (χ2n) is 4.45. The minimum atomic E-state index is -3.83. The third-order valence-corrected chi connectivity index (χ3v) is 4.25. The number of pyridine rings is 1. The molecular weight excluding hydrogens is 280 g/mol. The fraction of sp³-hybridized carbons (Fsp3) is 0.417. The molecule has 0 bridgehead atoms. The van der Waals surface area contributed by atoms with Gasteiger partial charge in [-0.05, 0) is 25.0 Å². The molecule has 0 saturated heterocycles. The van der Waals surface area contributed by atoms with Crippen molar-refractivity contribution in [1.29, 1.82) is 5.26 Å². The number of rotatable bonds is 6. The summed E-state index contributed by atoms with van der Waals surface area (Å²) >= 11 is 0. The van der Waals surface area contributed by atoms with Gasteiger partial charge in [-0.1, -0.05) is 0 Å². The topological polar surface area (TPSA) is 112 Å². The predicted octanol–water partition coefficient (Wildman–Crippen LogP) is -0.0997. The molecule has 1 aliphatic carbocycles. The SMILES string of the molecule is N#Cc1ncccc1S(=O)(=O)NCCC(=O)NC1CC1. The fourth-order valence-corrected chi connectivity index (χ4v) is 2.73. The number of nitriles is 1. The number of sulfonamides is 1. The molecule has 106 valence electrons. The highest BCUT2D eigenvalue weighted by Gasteiger charge is 2.23. The molecule has 0 aliphatic heterocycles. The van der Waals surface area contributed by atoms with Crippen LogP contribution in [-0.4, -0.2) is 31.9 Å². The second-order valence-corrected chi connectivity index (χ2v) is 6.19. The monoisotopic (exact) mass is 294 g/mol. The molecule has 1 saturated carbocycles. The van der Waals surface area contributed by atoms with Crippen molar-refractivity contribution in [2.24, 2.45) is 0 Å². The van der Waals surface area contributed by atoms with Gasteiger partial charge in [0, 0.05) is 25.2 Å². The lowest BCUT2D eigenvalue weighted by atomic mass is 10.4. The van der Waals surface area contributed by atoms with E-state index in [1.165, 1.54) is 18.3 Å². The summed E-state index contributed by atoms with van der Waals surface area (Å²) in [5.74, 6) is -0.179. The van der Waals surface area contributed by atoms with Gasteiger partial charge in [-0.25, -0.2) is 18.1 Å². The molecule has 0 radical (unpaired) electrons. The Morgan fingerprint density at radius 2 is 2.25 bits per heavy atom. The van der Waals surface area contributed by atoms with Crippen LogP contribution < -0.4 is 10.0 Å². The number of nitrogens with zero attached hydrogens (tertiary/aromatic N) is 2. The van der Waals surface area contributed by atoms with E-state index in [9.17, 15) is 13.2 Å². The summed E-state index contributed by atoms with van der Waals surface area (Å²) in [5, 5.41) is 11.6. The average molecular weight is 294 g/mol. The molecule has 0 spiro atoms. The van der Waals surface area contributed by atoms with Crippen LogP contribution in [0.3, 0.4) is 0 Å². The summed E-state index contributed by atoms with van der Waals surface area (Å²) < 4.78 is 26.3. The van der Waals surface area contributed by atoms with Gasteiger partial charge in [0.05, 0.1) is 0 Å². The van der Waals surface area contributed by atoms with E-state index in [1.54, 1.807) is 6.07 Å². The minimum absolute atomic E-state index is 0.0132. The Morgan fingerprint density at radius 3 is 2.90 bits per heavy atom. The highest BCUT2D eigenvalue weighted by atomic mass is 32.2. The number of amides is 1. The van der Waals surface area contributed by atoms with E-state index in [2.05, 4.69) is 15.0 Å². The first-order valence-corrected chi connectivity index (χ1v) is 7.65. The van der Waals surface area contributed by atoms with Crippen molar-refractivity contribution in [1.82, 2.24) is 15.0 Å². The first kappa shape index (κ1) is 14.4. The Bertz CT molecular complexity index is 647. The molecule has 2 rings (SSSR count). The van der Waals surface area contributed by atoms with E-state index in [4.69, 9.17) is 5.26 Å². The highest BCUT2D eigenvalue weighted by Crippen LogP contribution is 2.18. The van der Waals surface area contributed by atoms with Gasteiger partial charge < -0.3 is 5.32 Å². The lowest BCUT2D eigenvalue weighted by Gasteiger charge is -2.07. The van der Waals surface area contributed by atoms with Crippen LogP contribution in [-0.2, 0) is 14.8 Å². The Hall–Kier alpha value is -1.98. The molecule has 0 aromatic carbocycles. The zero-order chi connectivity index (χ0) is 14.6. The van der Waals surface area contributed by atoms with Crippen LogP contribution in [0, 0.1) is 11.3 Å². The number of aromatic nitrogens is 1. The number of nitrogens with one attached hydrogen (secondary N) is 2. The van der Waals surface area contributed by atoms with E-state index in [0.717, 1.165) is 12.8 Å². The highest BCUT2D eigenvalue weighted by molar-refractivity contribution is 7.89. The molecule has 1 aromatic rings. The maximum atomic E-state index is 12.0. The summed E-state index contributed by atoms with van der Waals surface area (Å²) in [6, 6.07) is 4.72. The zero-order valence-corrected chi connectivity index (χ0v) is 11.5. The summed E-state index contributed by atoms with van der Waals surface area (Å²) in [6.07, 6.45) is 3.38. The number of carbonyl (C=O) groups excluding carboxylic acids is 1. The van der Waals surface area contributed by atoms with Gasteiger partial charge in [0.15, 0.2) is 5.69 Å². The van der Waals surface area contributed by atoms with E-state index < -0.39 is 10.0 Å². The van der Waals surface area contributed by atoms with Crippen LogP contribution >= 0.6 is 0 Å². The van der Waals surface area contributed by atoms with Gasteiger partial charge in [-0.3, -0.25) is 4.79 Å².